The van der Waals surface area contributed by atoms with Crippen LogP contribution in [0.4, 0.5) is 0 Å². The summed E-state index contributed by atoms with van der Waals surface area (Å²) in [5.41, 5.74) is 5.40. The van der Waals surface area contributed by atoms with E-state index in [1.54, 1.807) is 6.20 Å². The number of nitrogens with zero attached hydrogens (tertiary/aromatic N) is 1. The van der Waals surface area contributed by atoms with Crippen molar-refractivity contribution < 1.29 is 4.74 Å². The van der Waals surface area contributed by atoms with E-state index in [-0.39, 0.29) is 0 Å². The number of nitrogens with two attached hydrogens (primary N) is 1. The Morgan fingerprint density at radius 1 is 1.20 bits per heavy atom. The molecular weight excluding hydrogens is 188 g/mol. The van der Waals surface area contributed by atoms with Crippen LogP contribution in [-0.4, -0.2) is 18.1 Å². The Hall–Kier alpha value is -1.61. The van der Waals surface area contributed by atoms with Gasteiger partial charge in [0.05, 0.1) is 6.61 Å². The van der Waals surface area contributed by atoms with Crippen LogP contribution in [0.3, 0.4) is 0 Å². The number of aromatic nitrogens is 1. The lowest BCUT2D eigenvalue weighted by Crippen LogP contribution is -2.06. The van der Waals surface area contributed by atoms with Gasteiger partial charge in [-0.25, -0.2) is 4.98 Å². The number of hydrogen-bond acceptors (Lipinski definition) is 3. The standard InChI is InChI=1S/C12H14N2O/c13-7-3-9-15-12-11-5-2-1-4-10(11)6-8-14-12/h1-2,4-6,8H,3,7,9,13H2. The molecular formula is C12H14N2O. The van der Waals surface area contributed by atoms with Crippen LogP contribution in [-0.2, 0) is 0 Å². The zero-order valence-electron chi connectivity index (χ0n) is 8.52. The van der Waals surface area contributed by atoms with Gasteiger partial charge in [0.2, 0.25) is 5.88 Å². The summed E-state index contributed by atoms with van der Waals surface area (Å²) < 4.78 is 5.57. The second kappa shape index (κ2) is 4.75. The molecule has 1 aromatic carbocycles. The fraction of sp³-hybridized carbons (Fsp3) is 0.250. The van der Waals surface area contributed by atoms with Crippen molar-refractivity contribution in [1.29, 1.82) is 0 Å². The van der Waals surface area contributed by atoms with Crippen molar-refractivity contribution >= 4 is 10.8 Å². The molecule has 0 aliphatic heterocycles. The summed E-state index contributed by atoms with van der Waals surface area (Å²) in [6, 6.07) is 10.0. The molecule has 0 fully saturated rings. The molecule has 2 aromatic rings. The minimum absolute atomic E-state index is 0.623. The minimum Gasteiger partial charge on any atom is -0.477 e. The summed E-state index contributed by atoms with van der Waals surface area (Å²) in [7, 11) is 0. The van der Waals surface area contributed by atoms with E-state index in [9.17, 15) is 0 Å². The first kappa shape index (κ1) is 9.93. The third-order valence-corrected chi connectivity index (χ3v) is 2.22. The average Bonchev–Trinajstić information content (AvgIpc) is 2.30. The van der Waals surface area contributed by atoms with E-state index in [2.05, 4.69) is 4.98 Å². The molecule has 0 unspecified atom stereocenters. The molecule has 15 heavy (non-hydrogen) atoms. The van der Waals surface area contributed by atoms with Gasteiger partial charge in [-0.15, -0.1) is 0 Å². The Kier molecular flexibility index (Phi) is 3.15. The summed E-state index contributed by atoms with van der Waals surface area (Å²) in [5, 5.41) is 2.20. The number of fused-ring (bicyclic) bond motifs is 1. The molecule has 0 amide bonds. The Bertz CT molecular complexity index is 437. The first-order valence-electron chi connectivity index (χ1n) is 5.08. The maximum atomic E-state index is 5.57. The van der Waals surface area contributed by atoms with Gasteiger partial charge in [0.15, 0.2) is 0 Å². The van der Waals surface area contributed by atoms with E-state index in [0.29, 0.717) is 19.0 Å². The van der Waals surface area contributed by atoms with Crippen molar-refractivity contribution in [2.24, 2.45) is 5.73 Å². The average molecular weight is 202 g/mol. The van der Waals surface area contributed by atoms with Crippen LogP contribution in [0.1, 0.15) is 6.42 Å². The van der Waals surface area contributed by atoms with Crippen LogP contribution >= 0.6 is 0 Å². The molecule has 0 radical (unpaired) electrons. The lowest BCUT2D eigenvalue weighted by Gasteiger charge is -2.06. The Balaban J connectivity index is 2.26. The zero-order chi connectivity index (χ0) is 10.5. The van der Waals surface area contributed by atoms with Crippen LogP contribution in [0.2, 0.25) is 0 Å². The normalized spacial score (nSPS) is 10.5. The van der Waals surface area contributed by atoms with Crippen molar-refractivity contribution in [3.8, 4) is 5.88 Å². The van der Waals surface area contributed by atoms with E-state index < -0.39 is 0 Å². The number of hydrogen-bond donors (Lipinski definition) is 1. The molecule has 78 valence electrons. The Labute approximate surface area is 88.9 Å². The largest absolute Gasteiger partial charge is 0.477 e. The summed E-state index contributed by atoms with van der Waals surface area (Å²) in [6.07, 6.45) is 2.62. The van der Waals surface area contributed by atoms with Gasteiger partial charge in [0.1, 0.15) is 0 Å². The third kappa shape index (κ3) is 2.25. The van der Waals surface area contributed by atoms with Gasteiger partial charge in [-0.05, 0) is 30.5 Å². The zero-order valence-corrected chi connectivity index (χ0v) is 8.52. The molecule has 3 nitrogen and oxygen atoms in total. The quantitative estimate of drug-likeness (QED) is 0.771. The summed E-state index contributed by atoms with van der Waals surface area (Å²) >= 11 is 0. The van der Waals surface area contributed by atoms with Crippen molar-refractivity contribution in [2.45, 2.75) is 6.42 Å². The molecule has 0 bridgehead atoms. The molecule has 0 aliphatic rings. The van der Waals surface area contributed by atoms with E-state index in [4.69, 9.17) is 10.5 Å². The van der Waals surface area contributed by atoms with Crippen molar-refractivity contribution in [3.63, 3.8) is 0 Å². The van der Waals surface area contributed by atoms with Crippen LogP contribution < -0.4 is 10.5 Å². The number of ether oxygens (including phenoxy) is 1. The fourth-order valence-corrected chi connectivity index (χ4v) is 1.46. The van der Waals surface area contributed by atoms with Crippen LogP contribution in [0.5, 0.6) is 5.88 Å². The van der Waals surface area contributed by atoms with Gasteiger partial charge >= 0.3 is 0 Å². The predicted molar refractivity (Wildman–Crippen MR) is 60.9 cm³/mol. The molecule has 3 heteroatoms. The topological polar surface area (TPSA) is 48.1 Å². The fourth-order valence-electron chi connectivity index (χ4n) is 1.46. The van der Waals surface area contributed by atoms with Crippen LogP contribution in [0, 0.1) is 0 Å². The lowest BCUT2D eigenvalue weighted by molar-refractivity contribution is 0.305. The highest BCUT2D eigenvalue weighted by atomic mass is 16.5. The second-order valence-corrected chi connectivity index (χ2v) is 3.33. The highest BCUT2D eigenvalue weighted by molar-refractivity contribution is 5.86. The summed E-state index contributed by atoms with van der Waals surface area (Å²) in [5.74, 6) is 0.696. The van der Waals surface area contributed by atoms with E-state index >= 15 is 0 Å². The summed E-state index contributed by atoms with van der Waals surface area (Å²) in [4.78, 5) is 4.22. The third-order valence-electron chi connectivity index (χ3n) is 2.22. The van der Waals surface area contributed by atoms with Gasteiger partial charge in [-0.2, -0.15) is 0 Å². The lowest BCUT2D eigenvalue weighted by atomic mass is 10.2. The Morgan fingerprint density at radius 2 is 2.07 bits per heavy atom. The molecule has 2 rings (SSSR count). The molecule has 2 N–H and O–H groups in total. The van der Waals surface area contributed by atoms with Gasteiger partial charge in [-0.3, -0.25) is 0 Å². The van der Waals surface area contributed by atoms with E-state index in [1.165, 1.54) is 0 Å². The molecule has 0 saturated carbocycles. The number of benzene rings is 1. The molecule has 1 aromatic heterocycles. The number of rotatable bonds is 4. The first-order valence-corrected chi connectivity index (χ1v) is 5.08. The predicted octanol–water partition coefficient (Wildman–Crippen LogP) is 1.96. The smallest absolute Gasteiger partial charge is 0.221 e. The molecule has 0 atom stereocenters. The van der Waals surface area contributed by atoms with E-state index in [1.807, 2.05) is 30.3 Å². The first-order chi connectivity index (χ1) is 7.42. The molecule has 0 spiro atoms. The molecule has 0 saturated heterocycles. The van der Waals surface area contributed by atoms with Crippen molar-refractivity contribution in [2.75, 3.05) is 13.2 Å². The maximum absolute atomic E-state index is 5.57. The maximum Gasteiger partial charge on any atom is 0.221 e. The SMILES string of the molecule is NCCCOc1nccc2ccccc12. The van der Waals surface area contributed by atoms with Crippen molar-refractivity contribution in [3.05, 3.63) is 36.5 Å². The second-order valence-electron chi connectivity index (χ2n) is 3.33. The van der Waals surface area contributed by atoms with Crippen LogP contribution in [0.15, 0.2) is 36.5 Å². The molecule has 1 heterocycles. The van der Waals surface area contributed by atoms with Gasteiger partial charge < -0.3 is 10.5 Å². The van der Waals surface area contributed by atoms with Gasteiger partial charge in [0.25, 0.3) is 0 Å². The monoisotopic (exact) mass is 202 g/mol. The highest BCUT2D eigenvalue weighted by Gasteiger charge is 2.01. The van der Waals surface area contributed by atoms with Gasteiger partial charge in [-0.1, -0.05) is 18.2 Å². The van der Waals surface area contributed by atoms with E-state index in [0.717, 1.165) is 17.2 Å². The molecule has 0 aliphatic carbocycles. The summed E-state index contributed by atoms with van der Waals surface area (Å²) in [6.45, 7) is 1.27. The number of pyridine rings is 1. The van der Waals surface area contributed by atoms with Gasteiger partial charge in [0, 0.05) is 11.6 Å². The highest BCUT2D eigenvalue weighted by Crippen LogP contribution is 2.22. The Morgan fingerprint density at radius 3 is 2.93 bits per heavy atom. The van der Waals surface area contributed by atoms with Crippen molar-refractivity contribution in [1.82, 2.24) is 4.98 Å². The van der Waals surface area contributed by atoms with Crippen LogP contribution in [0.25, 0.3) is 10.8 Å². The minimum atomic E-state index is 0.623.